The zero-order valence-corrected chi connectivity index (χ0v) is 11.9. The van der Waals surface area contributed by atoms with Crippen LogP contribution in [0.1, 0.15) is 18.2 Å². The highest BCUT2D eigenvalue weighted by Gasteiger charge is 2.13. The highest BCUT2D eigenvalue weighted by molar-refractivity contribution is 6.22. The number of H-pyrrole nitrogens is 2. The average Bonchev–Trinajstić information content (AvgIpc) is 3.05. The van der Waals surface area contributed by atoms with Gasteiger partial charge < -0.3 is 9.97 Å². The van der Waals surface area contributed by atoms with Crippen molar-refractivity contribution in [3.8, 4) is 0 Å². The van der Waals surface area contributed by atoms with Crippen molar-refractivity contribution in [1.82, 2.24) is 9.97 Å². The van der Waals surface area contributed by atoms with E-state index in [4.69, 9.17) is 0 Å². The SMILES string of the molecule is C=Cc1[nH]c2ccc3[nH]c4ccccc4c3c2c1/C=C\C. The van der Waals surface area contributed by atoms with E-state index >= 15 is 0 Å². The molecule has 0 spiro atoms. The maximum absolute atomic E-state index is 3.93. The number of hydrogen-bond acceptors (Lipinski definition) is 0. The van der Waals surface area contributed by atoms with Crippen LogP contribution in [0.4, 0.5) is 0 Å². The largest absolute Gasteiger partial charge is 0.355 e. The van der Waals surface area contributed by atoms with Crippen molar-refractivity contribution in [3.63, 3.8) is 0 Å². The third-order valence-corrected chi connectivity index (χ3v) is 4.04. The van der Waals surface area contributed by atoms with E-state index in [1.165, 1.54) is 32.8 Å². The molecule has 102 valence electrons. The van der Waals surface area contributed by atoms with E-state index in [9.17, 15) is 0 Å². The molecule has 2 aromatic carbocycles. The summed E-state index contributed by atoms with van der Waals surface area (Å²) in [6.07, 6.45) is 6.11. The van der Waals surface area contributed by atoms with Crippen LogP contribution in [0, 0.1) is 0 Å². The minimum atomic E-state index is 1.07. The predicted octanol–water partition coefficient (Wildman–Crippen LogP) is 5.48. The van der Waals surface area contributed by atoms with Crippen LogP contribution in [0.2, 0.25) is 0 Å². The molecule has 0 saturated carbocycles. The number of hydrogen-bond donors (Lipinski definition) is 2. The molecule has 0 atom stereocenters. The summed E-state index contributed by atoms with van der Waals surface area (Å²) in [6, 6.07) is 12.7. The van der Waals surface area contributed by atoms with Gasteiger partial charge in [-0.1, -0.05) is 36.9 Å². The number of benzene rings is 2. The average molecular weight is 272 g/mol. The molecular formula is C19H16N2. The maximum atomic E-state index is 3.93. The molecule has 0 amide bonds. The van der Waals surface area contributed by atoms with Crippen molar-refractivity contribution in [2.75, 3.05) is 0 Å². The van der Waals surface area contributed by atoms with Gasteiger partial charge in [-0.3, -0.25) is 0 Å². The second kappa shape index (κ2) is 4.38. The standard InChI is InChI=1S/C19H16N2/c1-3-7-12-14(4-2)20-16-10-11-17-19(18(12)16)13-8-5-6-9-15(13)21-17/h3-11,20-21H,2H2,1H3/b7-3-. The lowest BCUT2D eigenvalue weighted by Crippen LogP contribution is -1.75. The number of nitrogens with one attached hydrogen (secondary N) is 2. The van der Waals surface area contributed by atoms with Gasteiger partial charge in [0.2, 0.25) is 0 Å². The van der Waals surface area contributed by atoms with Crippen LogP contribution >= 0.6 is 0 Å². The lowest BCUT2D eigenvalue weighted by molar-refractivity contribution is 1.42. The van der Waals surface area contributed by atoms with Gasteiger partial charge in [-0.2, -0.15) is 0 Å². The van der Waals surface area contributed by atoms with Crippen molar-refractivity contribution in [1.29, 1.82) is 0 Å². The van der Waals surface area contributed by atoms with Gasteiger partial charge in [0.1, 0.15) is 0 Å². The van der Waals surface area contributed by atoms with Crippen LogP contribution in [0.3, 0.4) is 0 Å². The number of fused-ring (bicyclic) bond motifs is 5. The zero-order chi connectivity index (χ0) is 14.4. The molecule has 0 aliphatic carbocycles. The number of aromatic amines is 2. The first kappa shape index (κ1) is 12.0. The van der Waals surface area contributed by atoms with Gasteiger partial charge in [-0.25, -0.2) is 0 Å². The number of allylic oxidation sites excluding steroid dienone is 1. The Morgan fingerprint density at radius 3 is 2.43 bits per heavy atom. The highest BCUT2D eigenvalue weighted by atomic mass is 14.7. The topological polar surface area (TPSA) is 31.6 Å². The molecule has 0 saturated heterocycles. The Kier molecular flexibility index (Phi) is 2.51. The molecule has 0 unspecified atom stereocenters. The third-order valence-electron chi connectivity index (χ3n) is 4.04. The smallest absolute Gasteiger partial charge is 0.0472 e. The minimum absolute atomic E-state index is 1.07. The minimum Gasteiger partial charge on any atom is -0.355 e. The molecule has 2 heteroatoms. The first-order chi connectivity index (χ1) is 10.3. The van der Waals surface area contributed by atoms with Gasteiger partial charge in [0.25, 0.3) is 0 Å². The second-order valence-electron chi connectivity index (χ2n) is 5.24. The van der Waals surface area contributed by atoms with E-state index in [1.807, 2.05) is 13.0 Å². The molecule has 0 fully saturated rings. The Bertz CT molecular complexity index is 1010. The van der Waals surface area contributed by atoms with Crippen LogP contribution in [-0.4, -0.2) is 9.97 Å². The first-order valence-electron chi connectivity index (χ1n) is 7.13. The molecule has 2 heterocycles. The van der Waals surface area contributed by atoms with Crippen LogP contribution < -0.4 is 0 Å². The summed E-state index contributed by atoms with van der Waals surface area (Å²) in [5.74, 6) is 0. The first-order valence-corrected chi connectivity index (χ1v) is 7.13. The predicted molar refractivity (Wildman–Crippen MR) is 92.5 cm³/mol. The van der Waals surface area contributed by atoms with Crippen molar-refractivity contribution in [2.24, 2.45) is 0 Å². The maximum Gasteiger partial charge on any atom is 0.0472 e. The van der Waals surface area contributed by atoms with E-state index in [-0.39, 0.29) is 0 Å². The van der Waals surface area contributed by atoms with Gasteiger partial charge in [0.15, 0.2) is 0 Å². The van der Waals surface area contributed by atoms with Gasteiger partial charge in [0.05, 0.1) is 0 Å². The summed E-state index contributed by atoms with van der Waals surface area (Å²) >= 11 is 0. The molecule has 4 aromatic rings. The number of rotatable bonds is 2. The summed E-state index contributed by atoms with van der Waals surface area (Å²) < 4.78 is 0. The molecule has 21 heavy (non-hydrogen) atoms. The Hall–Kier alpha value is -2.74. The summed E-state index contributed by atoms with van der Waals surface area (Å²) in [7, 11) is 0. The number of aromatic nitrogens is 2. The fourth-order valence-corrected chi connectivity index (χ4v) is 3.17. The number of para-hydroxylation sites is 1. The molecule has 0 radical (unpaired) electrons. The Morgan fingerprint density at radius 2 is 1.67 bits per heavy atom. The van der Waals surface area contributed by atoms with E-state index in [2.05, 4.69) is 65.1 Å². The molecule has 0 bridgehead atoms. The Labute approximate surface area is 122 Å². The third kappa shape index (κ3) is 1.59. The molecule has 4 rings (SSSR count). The monoisotopic (exact) mass is 272 g/mol. The molecule has 2 N–H and O–H groups in total. The highest BCUT2D eigenvalue weighted by Crippen LogP contribution is 2.36. The fourth-order valence-electron chi connectivity index (χ4n) is 3.17. The van der Waals surface area contributed by atoms with Gasteiger partial charge in [-0.15, -0.1) is 0 Å². The van der Waals surface area contributed by atoms with Gasteiger partial charge >= 0.3 is 0 Å². The molecule has 0 aliphatic heterocycles. The zero-order valence-electron chi connectivity index (χ0n) is 11.9. The van der Waals surface area contributed by atoms with E-state index in [1.54, 1.807) is 0 Å². The second-order valence-corrected chi connectivity index (χ2v) is 5.24. The van der Waals surface area contributed by atoms with E-state index in [0.29, 0.717) is 0 Å². The quantitative estimate of drug-likeness (QED) is 0.484. The normalized spacial score (nSPS) is 12.0. The van der Waals surface area contributed by atoms with Crippen molar-refractivity contribution in [3.05, 3.63) is 60.3 Å². The lowest BCUT2D eigenvalue weighted by atomic mass is 10.0. The summed E-state index contributed by atoms with van der Waals surface area (Å²) in [6.45, 7) is 5.97. The van der Waals surface area contributed by atoms with Crippen molar-refractivity contribution >= 4 is 44.9 Å². The van der Waals surface area contributed by atoms with Crippen LogP contribution in [-0.2, 0) is 0 Å². The molecule has 2 aromatic heterocycles. The lowest BCUT2D eigenvalue weighted by Gasteiger charge is -1.98. The molecule has 0 aliphatic rings. The fraction of sp³-hybridized carbons (Fsp3) is 0.0526. The Balaban J connectivity index is 2.31. The van der Waals surface area contributed by atoms with Crippen molar-refractivity contribution in [2.45, 2.75) is 6.92 Å². The van der Waals surface area contributed by atoms with Crippen LogP contribution in [0.25, 0.3) is 44.9 Å². The van der Waals surface area contributed by atoms with Crippen LogP contribution in [0.5, 0.6) is 0 Å². The molecular weight excluding hydrogens is 256 g/mol. The van der Waals surface area contributed by atoms with Gasteiger partial charge in [0, 0.05) is 44.0 Å². The van der Waals surface area contributed by atoms with Gasteiger partial charge in [-0.05, 0) is 31.2 Å². The van der Waals surface area contributed by atoms with E-state index < -0.39 is 0 Å². The van der Waals surface area contributed by atoms with E-state index in [0.717, 1.165) is 11.2 Å². The molecule has 2 nitrogen and oxygen atoms in total. The summed E-state index contributed by atoms with van der Waals surface area (Å²) in [5.41, 5.74) is 5.77. The van der Waals surface area contributed by atoms with Crippen molar-refractivity contribution < 1.29 is 0 Å². The summed E-state index contributed by atoms with van der Waals surface area (Å²) in [4.78, 5) is 6.97. The Morgan fingerprint density at radius 1 is 0.905 bits per heavy atom. The summed E-state index contributed by atoms with van der Waals surface area (Å²) in [5, 5.41) is 3.80. The van der Waals surface area contributed by atoms with Crippen LogP contribution in [0.15, 0.2) is 49.1 Å².